The molecule has 0 heterocycles. The molecule has 0 radical (unpaired) electrons. The number of amides is 1. The molecule has 0 spiro atoms. The summed E-state index contributed by atoms with van der Waals surface area (Å²) in [7, 11) is 0. The number of ether oxygens (including phenoxy) is 1. The standard InChI is InChI=1S/C7H9NO2S/c8-6(9)10-5(11)7-1-4(2-7)3-7/h4H,1-3H2,(H2,8,9). The Labute approximate surface area is 69.9 Å². The van der Waals surface area contributed by atoms with Crippen LogP contribution >= 0.6 is 12.2 Å². The van der Waals surface area contributed by atoms with Crippen LogP contribution in [0.2, 0.25) is 0 Å². The molecule has 0 aliphatic heterocycles. The Morgan fingerprint density at radius 1 is 1.55 bits per heavy atom. The number of thiocarbonyl (C=S) groups is 1. The van der Waals surface area contributed by atoms with Crippen LogP contribution in [-0.4, -0.2) is 11.1 Å². The number of carbonyl (C=O) groups excluding carboxylic acids is 1. The molecule has 60 valence electrons. The summed E-state index contributed by atoms with van der Waals surface area (Å²) in [5.74, 6) is 0.837. The quantitative estimate of drug-likeness (QED) is 0.603. The first-order chi connectivity index (χ1) is 5.12. The highest BCUT2D eigenvalue weighted by Crippen LogP contribution is 2.65. The lowest BCUT2D eigenvalue weighted by atomic mass is 9.45. The average Bonchev–Trinajstić information content (AvgIpc) is 1.50. The van der Waals surface area contributed by atoms with Crippen LogP contribution in [0.25, 0.3) is 0 Å². The minimum Gasteiger partial charge on any atom is -0.403 e. The van der Waals surface area contributed by atoms with Gasteiger partial charge in [0.15, 0.2) is 5.05 Å². The Morgan fingerprint density at radius 2 is 2.09 bits per heavy atom. The van der Waals surface area contributed by atoms with E-state index in [0.29, 0.717) is 5.05 Å². The minimum absolute atomic E-state index is 0.0645. The third kappa shape index (κ3) is 0.854. The van der Waals surface area contributed by atoms with Gasteiger partial charge in [0.05, 0.1) is 0 Å². The molecule has 2 N–H and O–H groups in total. The van der Waals surface area contributed by atoms with Crippen LogP contribution in [0.3, 0.4) is 0 Å². The van der Waals surface area contributed by atoms with Crippen LogP contribution in [-0.2, 0) is 4.74 Å². The van der Waals surface area contributed by atoms with Crippen molar-refractivity contribution in [3.63, 3.8) is 0 Å². The predicted molar refractivity (Wildman–Crippen MR) is 43.0 cm³/mol. The van der Waals surface area contributed by atoms with Gasteiger partial charge in [0.25, 0.3) is 0 Å². The van der Waals surface area contributed by atoms with Gasteiger partial charge in [-0.05, 0) is 37.4 Å². The highest BCUT2D eigenvalue weighted by atomic mass is 32.1. The summed E-state index contributed by atoms with van der Waals surface area (Å²) in [5.41, 5.74) is 4.90. The Hall–Kier alpha value is -0.640. The molecule has 3 aliphatic rings. The van der Waals surface area contributed by atoms with Gasteiger partial charge in [-0.3, -0.25) is 0 Å². The third-order valence-electron chi connectivity index (χ3n) is 2.66. The molecule has 3 aliphatic carbocycles. The lowest BCUT2D eigenvalue weighted by molar-refractivity contribution is -0.0512. The maximum atomic E-state index is 10.3. The summed E-state index contributed by atoms with van der Waals surface area (Å²) in [5, 5.41) is 0.410. The van der Waals surface area contributed by atoms with E-state index in [2.05, 4.69) is 4.74 Å². The van der Waals surface area contributed by atoms with E-state index in [1.165, 1.54) is 0 Å². The van der Waals surface area contributed by atoms with Crippen molar-refractivity contribution in [1.29, 1.82) is 0 Å². The Balaban J connectivity index is 1.94. The third-order valence-corrected chi connectivity index (χ3v) is 3.18. The van der Waals surface area contributed by atoms with Crippen LogP contribution in [0.4, 0.5) is 4.79 Å². The second-order valence-electron chi connectivity index (χ2n) is 3.47. The molecule has 0 aromatic rings. The number of hydrogen-bond donors (Lipinski definition) is 1. The van der Waals surface area contributed by atoms with Crippen molar-refractivity contribution in [3.8, 4) is 0 Å². The second-order valence-corrected chi connectivity index (χ2v) is 3.84. The molecule has 11 heavy (non-hydrogen) atoms. The predicted octanol–water partition coefficient (Wildman–Crippen LogP) is 1.21. The summed E-state index contributed by atoms with van der Waals surface area (Å²) in [4.78, 5) is 10.3. The zero-order valence-corrected chi connectivity index (χ0v) is 6.82. The molecule has 3 fully saturated rings. The van der Waals surface area contributed by atoms with Crippen molar-refractivity contribution in [2.75, 3.05) is 0 Å². The van der Waals surface area contributed by atoms with Gasteiger partial charge in [-0.2, -0.15) is 0 Å². The molecule has 3 nitrogen and oxygen atoms in total. The fourth-order valence-corrected chi connectivity index (χ4v) is 2.26. The van der Waals surface area contributed by atoms with Crippen molar-refractivity contribution in [1.82, 2.24) is 0 Å². The fourth-order valence-electron chi connectivity index (χ4n) is 1.93. The van der Waals surface area contributed by atoms with E-state index in [-0.39, 0.29) is 5.41 Å². The van der Waals surface area contributed by atoms with Crippen LogP contribution in [0.15, 0.2) is 0 Å². The molecule has 0 atom stereocenters. The smallest absolute Gasteiger partial charge is 0.403 e. The number of primary amides is 1. The molecule has 0 saturated heterocycles. The van der Waals surface area contributed by atoms with Crippen LogP contribution in [0.5, 0.6) is 0 Å². The summed E-state index contributed by atoms with van der Waals surface area (Å²) in [6.07, 6.45) is 2.51. The second kappa shape index (κ2) is 1.94. The van der Waals surface area contributed by atoms with E-state index < -0.39 is 6.09 Å². The van der Waals surface area contributed by atoms with Crippen LogP contribution < -0.4 is 5.73 Å². The van der Waals surface area contributed by atoms with Crippen molar-refractivity contribution < 1.29 is 9.53 Å². The van der Waals surface area contributed by atoms with Crippen molar-refractivity contribution in [3.05, 3.63) is 0 Å². The average molecular weight is 171 g/mol. The van der Waals surface area contributed by atoms with Gasteiger partial charge >= 0.3 is 6.09 Å². The van der Waals surface area contributed by atoms with E-state index >= 15 is 0 Å². The molecule has 4 heteroatoms. The van der Waals surface area contributed by atoms with E-state index in [1.807, 2.05) is 0 Å². The van der Waals surface area contributed by atoms with Crippen LogP contribution in [0.1, 0.15) is 19.3 Å². The molecule has 0 unspecified atom stereocenters. The molecule has 1 amide bonds. The number of nitrogens with two attached hydrogens (primary N) is 1. The SMILES string of the molecule is NC(=O)OC(=S)C12CC(C1)C2. The Kier molecular flexibility index (Phi) is 1.24. The number of carbonyl (C=O) groups is 1. The normalized spacial score (nSPS) is 38.4. The van der Waals surface area contributed by atoms with Crippen molar-refractivity contribution in [2.45, 2.75) is 19.3 Å². The highest BCUT2D eigenvalue weighted by Gasteiger charge is 2.60. The largest absolute Gasteiger partial charge is 0.410 e. The topological polar surface area (TPSA) is 52.3 Å². The van der Waals surface area contributed by atoms with Crippen LogP contribution in [0, 0.1) is 11.3 Å². The van der Waals surface area contributed by atoms with Crippen molar-refractivity contribution >= 4 is 23.4 Å². The van der Waals surface area contributed by atoms with E-state index in [0.717, 1.165) is 25.2 Å². The lowest BCUT2D eigenvalue weighted by Crippen LogP contribution is -2.57. The van der Waals surface area contributed by atoms with E-state index in [4.69, 9.17) is 18.0 Å². The molecular formula is C7H9NO2S. The monoisotopic (exact) mass is 171 g/mol. The fraction of sp³-hybridized carbons (Fsp3) is 0.714. The first-order valence-electron chi connectivity index (χ1n) is 3.64. The van der Waals surface area contributed by atoms with Gasteiger partial charge < -0.3 is 10.5 Å². The molecule has 2 bridgehead atoms. The zero-order valence-electron chi connectivity index (χ0n) is 6.00. The van der Waals surface area contributed by atoms with Crippen molar-refractivity contribution in [2.24, 2.45) is 17.1 Å². The summed E-state index contributed by atoms with van der Waals surface area (Å²) in [6, 6.07) is 0. The van der Waals surface area contributed by atoms with Gasteiger partial charge in [-0.15, -0.1) is 0 Å². The maximum absolute atomic E-state index is 10.3. The summed E-state index contributed by atoms with van der Waals surface area (Å²) in [6.45, 7) is 0. The molecule has 0 aromatic carbocycles. The molecular weight excluding hydrogens is 162 g/mol. The highest BCUT2D eigenvalue weighted by molar-refractivity contribution is 7.80. The van der Waals surface area contributed by atoms with Gasteiger partial charge in [0, 0.05) is 5.41 Å². The van der Waals surface area contributed by atoms with E-state index in [1.54, 1.807) is 0 Å². The molecule has 3 saturated carbocycles. The summed E-state index contributed by atoms with van der Waals surface area (Å²) >= 11 is 4.93. The Morgan fingerprint density at radius 3 is 2.36 bits per heavy atom. The first-order valence-corrected chi connectivity index (χ1v) is 4.05. The Bertz CT molecular complexity index is 222. The van der Waals surface area contributed by atoms with Gasteiger partial charge in [-0.25, -0.2) is 4.79 Å². The summed E-state index contributed by atoms with van der Waals surface area (Å²) < 4.78 is 4.67. The first kappa shape index (κ1) is 7.03. The molecule has 0 aromatic heterocycles. The number of hydrogen-bond acceptors (Lipinski definition) is 3. The van der Waals surface area contributed by atoms with Gasteiger partial charge in [0.1, 0.15) is 0 Å². The van der Waals surface area contributed by atoms with Gasteiger partial charge in [0.2, 0.25) is 0 Å². The van der Waals surface area contributed by atoms with E-state index in [9.17, 15) is 4.79 Å². The maximum Gasteiger partial charge on any atom is 0.410 e. The minimum atomic E-state index is -0.778. The zero-order chi connectivity index (χ0) is 8.06. The molecule has 3 rings (SSSR count). The number of rotatable bonds is 1. The van der Waals surface area contributed by atoms with Gasteiger partial charge in [-0.1, -0.05) is 0 Å². The lowest BCUT2D eigenvalue weighted by Gasteiger charge is -2.60.